The topological polar surface area (TPSA) is 63.5 Å². The van der Waals surface area contributed by atoms with Gasteiger partial charge in [0, 0.05) is 41.7 Å². The van der Waals surface area contributed by atoms with Crippen molar-refractivity contribution in [3.05, 3.63) is 96.2 Å². The summed E-state index contributed by atoms with van der Waals surface area (Å²) in [5.74, 6) is 0.960. The lowest BCUT2D eigenvalue weighted by Gasteiger charge is -2.37. The van der Waals surface area contributed by atoms with Crippen molar-refractivity contribution >= 4 is 11.6 Å². The minimum Gasteiger partial charge on any atom is -0.497 e. The Morgan fingerprint density at radius 2 is 1.66 bits per heavy atom. The molecule has 0 aliphatic carbocycles. The maximum atomic E-state index is 13.6. The Kier molecular flexibility index (Phi) is 7.17. The molecule has 0 atom stereocenters. The molecule has 194 valence electrons. The number of carbonyl (C=O) groups excluding carboxylic acids is 1. The molecule has 0 N–H and O–H groups in total. The van der Waals surface area contributed by atoms with Crippen molar-refractivity contribution in [1.82, 2.24) is 19.7 Å². The van der Waals surface area contributed by atoms with E-state index >= 15 is 0 Å². The van der Waals surface area contributed by atoms with E-state index in [1.165, 1.54) is 24.3 Å². The number of carbonyl (C=O) groups is 1. The number of anilines is 1. The molecule has 0 spiro atoms. The van der Waals surface area contributed by atoms with E-state index in [-0.39, 0.29) is 24.1 Å². The molecule has 0 unspecified atom stereocenters. The number of hydrogen-bond acceptors (Lipinski definition) is 5. The highest BCUT2D eigenvalue weighted by atomic mass is 19.1. The molecular formula is C29H27F2N5O2. The van der Waals surface area contributed by atoms with Crippen LogP contribution in [-0.2, 0) is 11.3 Å². The summed E-state index contributed by atoms with van der Waals surface area (Å²) in [5, 5.41) is 4.70. The number of allylic oxidation sites excluding steroid dienone is 2. The molecule has 1 saturated heterocycles. The number of aromatic nitrogens is 3. The highest BCUT2D eigenvalue weighted by Crippen LogP contribution is 2.27. The summed E-state index contributed by atoms with van der Waals surface area (Å²) in [6, 6.07) is 19.5. The van der Waals surface area contributed by atoms with Crippen LogP contribution in [0, 0.1) is 11.6 Å². The van der Waals surface area contributed by atoms with E-state index in [1.807, 2.05) is 42.2 Å². The van der Waals surface area contributed by atoms with Gasteiger partial charge in [0.2, 0.25) is 5.91 Å². The third-order valence-corrected chi connectivity index (χ3v) is 6.51. The number of halogens is 2. The first-order valence-electron chi connectivity index (χ1n) is 12.3. The number of benzene rings is 3. The number of amides is 1. The molecule has 1 aromatic heterocycles. The number of ether oxygens (including phenoxy) is 1. The molecule has 7 nitrogen and oxygen atoms in total. The van der Waals surface area contributed by atoms with Crippen molar-refractivity contribution in [3.63, 3.8) is 0 Å². The Hall–Kier alpha value is -4.53. The van der Waals surface area contributed by atoms with E-state index in [9.17, 15) is 13.6 Å². The lowest BCUT2D eigenvalue weighted by molar-refractivity contribution is -0.120. The molecule has 1 aliphatic heterocycles. The van der Waals surface area contributed by atoms with Crippen LogP contribution < -0.4 is 9.64 Å². The number of methoxy groups -OCH3 is 1. The van der Waals surface area contributed by atoms with Crippen molar-refractivity contribution < 1.29 is 18.3 Å². The molecule has 5 rings (SSSR count). The Bertz CT molecular complexity index is 1470. The van der Waals surface area contributed by atoms with Crippen LogP contribution in [-0.4, -0.2) is 52.3 Å². The first-order valence-corrected chi connectivity index (χ1v) is 12.3. The standard InChI is InChI=1S/C29H27F2N5O2/c1-3-24(34-15-16-35(27(37)19-34)25-5-4-6-26(17-25)38-2)18-36-29(21-9-13-23(31)14-10-21)32-28(33-36)20-7-11-22(30)12-8-20/h3-14,17H,15-16,18-19H2,1-2H3/b24-3+. The predicted octanol–water partition coefficient (Wildman–Crippen LogP) is 5.15. The summed E-state index contributed by atoms with van der Waals surface area (Å²) in [6.45, 7) is 3.64. The highest BCUT2D eigenvalue weighted by Gasteiger charge is 2.27. The summed E-state index contributed by atoms with van der Waals surface area (Å²) in [5.41, 5.74) is 3.07. The largest absolute Gasteiger partial charge is 0.497 e. The van der Waals surface area contributed by atoms with Crippen molar-refractivity contribution in [1.29, 1.82) is 0 Å². The molecular weight excluding hydrogens is 488 g/mol. The van der Waals surface area contributed by atoms with Crippen LogP contribution in [0.25, 0.3) is 22.8 Å². The summed E-state index contributed by atoms with van der Waals surface area (Å²) < 4.78 is 34.1. The molecule has 0 saturated carbocycles. The van der Waals surface area contributed by atoms with Gasteiger partial charge in [0.25, 0.3) is 0 Å². The molecule has 1 aliphatic rings. The Labute approximate surface area is 219 Å². The number of nitrogens with zero attached hydrogens (tertiary/aromatic N) is 5. The van der Waals surface area contributed by atoms with Crippen molar-refractivity contribution in [3.8, 4) is 28.5 Å². The van der Waals surface area contributed by atoms with Gasteiger partial charge in [-0.2, -0.15) is 5.10 Å². The fourth-order valence-corrected chi connectivity index (χ4v) is 4.48. The van der Waals surface area contributed by atoms with Crippen molar-refractivity contribution in [2.75, 3.05) is 31.6 Å². The van der Waals surface area contributed by atoms with Gasteiger partial charge in [0.1, 0.15) is 17.4 Å². The summed E-state index contributed by atoms with van der Waals surface area (Å²) >= 11 is 0. The van der Waals surface area contributed by atoms with E-state index in [4.69, 9.17) is 14.8 Å². The van der Waals surface area contributed by atoms with E-state index in [1.54, 1.807) is 41.0 Å². The second-order valence-corrected chi connectivity index (χ2v) is 8.88. The van der Waals surface area contributed by atoms with Crippen LogP contribution in [0.1, 0.15) is 6.92 Å². The number of rotatable bonds is 7. The lowest BCUT2D eigenvalue weighted by atomic mass is 10.2. The fourth-order valence-electron chi connectivity index (χ4n) is 4.48. The molecule has 1 fully saturated rings. The van der Waals surface area contributed by atoms with Crippen molar-refractivity contribution in [2.45, 2.75) is 13.5 Å². The highest BCUT2D eigenvalue weighted by molar-refractivity contribution is 5.95. The van der Waals surface area contributed by atoms with E-state index < -0.39 is 0 Å². The van der Waals surface area contributed by atoms with Gasteiger partial charge in [-0.3, -0.25) is 4.79 Å². The molecule has 0 radical (unpaired) electrons. The smallest absolute Gasteiger partial charge is 0.246 e. The fraction of sp³-hybridized carbons (Fsp3) is 0.207. The van der Waals surface area contributed by atoms with Gasteiger partial charge in [-0.15, -0.1) is 0 Å². The maximum Gasteiger partial charge on any atom is 0.246 e. The zero-order valence-corrected chi connectivity index (χ0v) is 21.1. The minimum absolute atomic E-state index is 0.0202. The second kappa shape index (κ2) is 10.8. The monoisotopic (exact) mass is 515 g/mol. The SMILES string of the molecule is C/C=C(\Cn1nc(-c2ccc(F)cc2)nc1-c1ccc(F)cc1)N1CCN(c2cccc(OC)c2)C(=O)C1. The summed E-state index contributed by atoms with van der Waals surface area (Å²) in [7, 11) is 1.60. The zero-order chi connectivity index (χ0) is 26.6. The van der Waals surface area contributed by atoms with E-state index in [2.05, 4.69) is 0 Å². The van der Waals surface area contributed by atoms with Gasteiger partial charge < -0.3 is 14.5 Å². The molecule has 1 amide bonds. The van der Waals surface area contributed by atoms with Gasteiger partial charge in [-0.1, -0.05) is 12.1 Å². The minimum atomic E-state index is -0.347. The molecule has 4 aromatic rings. The van der Waals surface area contributed by atoms with Crippen LogP contribution in [0.5, 0.6) is 5.75 Å². The average molecular weight is 516 g/mol. The first-order chi connectivity index (χ1) is 18.4. The third kappa shape index (κ3) is 5.27. The third-order valence-electron chi connectivity index (χ3n) is 6.51. The van der Waals surface area contributed by atoms with Crippen LogP contribution in [0.2, 0.25) is 0 Å². The van der Waals surface area contributed by atoms with Gasteiger partial charge in [0.15, 0.2) is 11.6 Å². The quantitative estimate of drug-likeness (QED) is 0.341. The second-order valence-electron chi connectivity index (χ2n) is 8.88. The lowest BCUT2D eigenvalue weighted by Crippen LogP contribution is -2.50. The Balaban J connectivity index is 1.40. The molecule has 0 bridgehead atoms. The van der Waals surface area contributed by atoms with Crippen LogP contribution in [0.4, 0.5) is 14.5 Å². The molecule has 38 heavy (non-hydrogen) atoms. The van der Waals surface area contributed by atoms with Crippen LogP contribution in [0.15, 0.2) is 84.6 Å². The molecule has 3 aromatic carbocycles. The number of hydrogen-bond donors (Lipinski definition) is 0. The van der Waals surface area contributed by atoms with E-state index in [0.29, 0.717) is 48.2 Å². The molecule has 2 heterocycles. The Morgan fingerprint density at radius 3 is 2.29 bits per heavy atom. The van der Waals surface area contributed by atoms with Crippen molar-refractivity contribution in [2.24, 2.45) is 0 Å². The van der Waals surface area contributed by atoms with Gasteiger partial charge in [-0.05, 0) is 67.6 Å². The van der Waals surface area contributed by atoms with E-state index in [0.717, 1.165) is 11.4 Å². The predicted molar refractivity (Wildman–Crippen MR) is 141 cm³/mol. The van der Waals surface area contributed by atoms with Gasteiger partial charge in [0.05, 0.1) is 20.2 Å². The average Bonchev–Trinajstić information content (AvgIpc) is 3.36. The van der Waals surface area contributed by atoms with Gasteiger partial charge >= 0.3 is 0 Å². The maximum absolute atomic E-state index is 13.6. The summed E-state index contributed by atoms with van der Waals surface area (Å²) in [6.07, 6.45) is 1.96. The van der Waals surface area contributed by atoms with Gasteiger partial charge in [-0.25, -0.2) is 18.4 Å². The Morgan fingerprint density at radius 1 is 0.974 bits per heavy atom. The normalized spacial score (nSPS) is 14.2. The molecule has 9 heteroatoms. The summed E-state index contributed by atoms with van der Waals surface area (Å²) in [4.78, 5) is 21.6. The number of piperazine rings is 1. The zero-order valence-electron chi connectivity index (χ0n) is 21.1. The van der Waals surface area contributed by atoms with Crippen LogP contribution in [0.3, 0.4) is 0 Å². The first kappa shape index (κ1) is 25.1. The van der Waals surface area contributed by atoms with Crippen LogP contribution >= 0.6 is 0 Å².